The first kappa shape index (κ1) is 25.6. The van der Waals surface area contributed by atoms with E-state index in [0.717, 1.165) is 69.7 Å². The Labute approximate surface area is 240 Å². The number of anilines is 2. The van der Waals surface area contributed by atoms with E-state index in [9.17, 15) is 4.39 Å². The molecule has 0 atom stereocenters. The van der Waals surface area contributed by atoms with Gasteiger partial charge in [-0.25, -0.2) is 13.8 Å². The van der Waals surface area contributed by atoms with Gasteiger partial charge in [-0.2, -0.15) is 9.97 Å². The van der Waals surface area contributed by atoms with E-state index < -0.39 is 11.6 Å². The molecule has 2 aromatic carbocycles. The molecule has 4 aliphatic heterocycles. The van der Waals surface area contributed by atoms with Crippen LogP contribution in [0.3, 0.4) is 0 Å². The van der Waals surface area contributed by atoms with Gasteiger partial charge in [0.15, 0.2) is 10.9 Å². The molecule has 11 heteroatoms. The largest absolute Gasteiger partial charge is 0.461 e. The van der Waals surface area contributed by atoms with Crippen LogP contribution >= 0.6 is 11.3 Å². The molecule has 4 aromatic rings. The summed E-state index contributed by atoms with van der Waals surface area (Å²) in [5, 5.41) is 4.51. The normalized spacial score (nSPS) is 21.6. The zero-order valence-corrected chi connectivity index (χ0v) is 23.7. The van der Waals surface area contributed by atoms with Crippen LogP contribution in [0.2, 0.25) is 0 Å². The average molecular weight is 578 g/mol. The maximum absolute atomic E-state index is 16.5. The number of benzene rings is 2. The number of halogens is 2. The van der Waals surface area contributed by atoms with Crippen molar-refractivity contribution in [2.75, 3.05) is 50.0 Å². The number of nitrogens with one attached hydrogen (secondary N) is 1. The molecular weight excluding hydrogens is 544 g/mol. The van der Waals surface area contributed by atoms with Crippen LogP contribution in [0, 0.1) is 11.6 Å². The quantitative estimate of drug-likeness (QED) is 0.338. The van der Waals surface area contributed by atoms with Crippen LogP contribution in [-0.4, -0.2) is 70.3 Å². The summed E-state index contributed by atoms with van der Waals surface area (Å²) in [5.74, 6) is -0.208. The summed E-state index contributed by atoms with van der Waals surface area (Å²) >= 11 is 1.06. The first-order valence-electron chi connectivity index (χ1n) is 14.7. The number of aromatic nitrogens is 3. The second-order valence-corrected chi connectivity index (χ2v) is 13.2. The first-order chi connectivity index (χ1) is 19.9. The Morgan fingerprint density at radius 2 is 1.66 bits per heavy atom. The molecular formula is C30H33F2N7OS. The van der Waals surface area contributed by atoms with Crippen molar-refractivity contribution in [1.82, 2.24) is 25.2 Å². The van der Waals surface area contributed by atoms with Gasteiger partial charge in [0.1, 0.15) is 23.8 Å². The van der Waals surface area contributed by atoms with Gasteiger partial charge in [-0.3, -0.25) is 4.90 Å². The number of piperidine rings is 1. The summed E-state index contributed by atoms with van der Waals surface area (Å²) in [5.41, 5.74) is 7.51. The third kappa shape index (κ3) is 4.07. The Morgan fingerprint density at radius 1 is 0.902 bits per heavy atom. The fourth-order valence-electron chi connectivity index (χ4n) is 7.56. The number of ether oxygens (including phenoxy) is 1. The third-order valence-electron chi connectivity index (χ3n) is 9.97. The second-order valence-electron chi connectivity index (χ2n) is 12.1. The Kier molecular flexibility index (Phi) is 5.88. The fraction of sp³-hybridized carbons (Fsp3) is 0.500. The SMILES string of the molecule is Nc1nc2c(-c3ccc4c(N5CCC6(CCN6)CC5)nc(OCC56CCCN5CCC6)nc4c3F)ccc(F)c2s1. The molecule has 0 unspecified atom stereocenters. The second kappa shape index (κ2) is 9.43. The van der Waals surface area contributed by atoms with E-state index in [2.05, 4.69) is 25.1 Å². The van der Waals surface area contributed by atoms with E-state index in [4.69, 9.17) is 15.5 Å². The summed E-state index contributed by atoms with van der Waals surface area (Å²) in [4.78, 5) is 18.7. The number of rotatable bonds is 5. The molecule has 1 spiro atoms. The van der Waals surface area contributed by atoms with Gasteiger partial charge < -0.3 is 20.7 Å². The standard InChI is InChI=1S/C30H33F2N7OS/c31-21-6-5-19(24-25(21)41-27(33)35-24)18-3-4-20-23(22(18)32)36-28(40-17-30-7-1-13-39(30)14-2-8-30)37-26(20)38-15-10-29(11-16-38)9-12-34-29/h3-6,34H,1-2,7-17H2,(H2,33,35). The van der Waals surface area contributed by atoms with Crippen LogP contribution in [0.4, 0.5) is 19.7 Å². The number of nitrogens with zero attached hydrogens (tertiary/aromatic N) is 5. The van der Waals surface area contributed by atoms with Gasteiger partial charge in [-0.05, 0) is 82.8 Å². The minimum atomic E-state index is -0.494. The highest BCUT2D eigenvalue weighted by molar-refractivity contribution is 7.22. The zero-order chi connectivity index (χ0) is 27.8. The zero-order valence-electron chi connectivity index (χ0n) is 22.9. The van der Waals surface area contributed by atoms with E-state index in [-0.39, 0.29) is 27.7 Å². The molecule has 4 fully saturated rings. The van der Waals surface area contributed by atoms with Crippen molar-refractivity contribution in [3.63, 3.8) is 0 Å². The Bertz CT molecular complexity index is 1650. The number of nitrogens with two attached hydrogens (primary N) is 1. The molecule has 0 radical (unpaired) electrons. The molecule has 2 aromatic heterocycles. The molecule has 6 heterocycles. The molecule has 41 heavy (non-hydrogen) atoms. The van der Waals surface area contributed by atoms with Gasteiger partial charge in [0.2, 0.25) is 0 Å². The molecule has 0 aliphatic carbocycles. The topological polar surface area (TPSA) is 92.4 Å². The summed E-state index contributed by atoms with van der Waals surface area (Å²) in [6.07, 6.45) is 7.78. The third-order valence-corrected chi connectivity index (χ3v) is 10.9. The number of nitrogen functional groups attached to an aromatic ring is 1. The number of hydrogen-bond acceptors (Lipinski definition) is 9. The highest BCUT2D eigenvalue weighted by atomic mass is 32.1. The van der Waals surface area contributed by atoms with E-state index in [0.29, 0.717) is 39.2 Å². The van der Waals surface area contributed by atoms with Crippen molar-refractivity contribution in [2.24, 2.45) is 0 Å². The van der Waals surface area contributed by atoms with Gasteiger partial charge >= 0.3 is 6.01 Å². The van der Waals surface area contributed by atoms with Crippen molar-refractivity contribution >= 4 is 43.4 Å². The molecule has 0 bridgehead atoms. The minimum Gasteiger partial charge on any atom is -0.461 e. The highest BCUT2D eigenvalue weighted by Crippen LogP contribution is 2.42. The summed E-state index contributed by atoms with van der Waals surface area (Å²) < 4.78 is 37.7. The molecule has 0 amide bonds. The molecule has 8 rings (SSSR count). The summed E-state index contributed by atoms with van der Waals surface area (Å²) in [6, 6.07) is 6.70. The Balaban J connectivity index is 1.22. The first-order valence-corrected chi connectivity index (χ1v) is 15.5. The average Bonchev–Trinajstić information content (AvgIpc) is 3.66. The van der Waals surface area contributed by atoms with Crippen molar-refractivity contribution in [2.45, 2.75) is 56.0 Å². The molecule has 0 saturated carbocycles. The molecule has 3 N–H and O–H groups in total. The predicted molar refractivity (Wildman–Crippen MR) is 158 cm³/mol. The van der Waals surface area contributed by atoms with Crippen molar-refractivity contribution in [3.8, 4) is 17.1 Å². The lowest BCUT2D eigenvalue weighted by atomic mass is 9.79. The van der Waals surface area contributed by atoms with Crippen LogP contribution < -0.4 is 20.7 Å². The maximum atomic E-state index is 16.5. The van der Waals surface area contributed by atoms with Crippen molar-refractivity contribution < 1.29 is 13.5 Å². The Hall–Kier alpha value is -3.15. The highest BCUT2D eigenvalue weighted by Gasteiger charge is 2.45. The monoisotopic (exact) mass is 577 g/mol. The lowest BCUT2D eigenvalue weighted by Gasteiger charge is -2.49. The number of thiazole rings is 1. The van der Waals surface area contributed by atoms with Crippen LogP contribution in [0.1, 0.15) is 44.9 Å². The molecule has 4 aliphatic rings. The van der Waals surface area contributed by atoms with E-state index in [1.165, 1.54) is 25.3 Å². The van der Waals surface area contributed by atoms with E-state index >= 15 is 4.39 Å². The number of hydrogen-bond donors (Lipinski definition) is 2. The van der Waals surface area contributed by atoms with Crippen LogP contribution in [-0.2, 0) is 0 Å². The lowest BCUT2D eigenvalue weighted by molar-refractivity contribution is 0.107. The molecule has 4 saturated heterocycles. The molecule has 214 valence electrons. The van der Waals surface area contributed by atoms with Gasteiger partial charge in [0.05, 0.1) is 15.8 Å². The Morgan fingerprint density at radius 3 is 2.39 bits per heavy atom. The summed E-state index contributed by atoms with van der Waals surface area (Å²) in [7, 11) is 0. The lowest BCUT2D eigenvalue weighted by Crippen LogP contribution is -2.62. The van der Waals surface area contributed by atoms with Gasteiger partial charge in [-0.15, -0.1) is 0 Å². The van der Waals surface area contributed by atoms with Gasteiger partial charge in [0.25, 0.3) is 0 Å². The van der Waals surface area contributed by atoms with Crippen LogP contribution in [0.15, 0.2) is 24.3 Å². The predicted octanol–water partition coefficient (Wildman–Crippen LogP) is 5.11. The van der Waals surface area contributed by atoms with Crippen LogP contribution in [0.5, 0.6) is 6.01 Å². The van der Waals surface area contributed by atoms with Gasteiger partial charge in [-0.1, -0.05) is 17.4 Å². The minimum absolute atomic E-state index is 0.0243. The van der Waals surface area contributed by atoms with Crippen molar-refractivity contribution in [1.29, 1.82) is 0 Å². The fourth-order valence-corrected chi connectivity index (χ4v) is 8.32. The smallest absolute Gasteiger partial charge is 0.319 e. The van der Waals surface area contributed by atoms with Crippen molar-refractivity contribution in [3.05, 3.63) is 35.9 Å². The molecule has 8 nitrogen and oxygen atoms in total. The van der Waals surface area contributed by atoms with E-state index in [1.54, 1.807) is 12.1 Å². The van der Waals surface area contributed by atoms with E-state index in [1.807, 2.05) is 6.07 Å². The number of fused-ring (bicyclic) bond motifs is 3. The maximum Gasteiger partial charge on any atom is 0.319 e. The summed E-state index contributed by atoms with van der Waals surface area (Å²) in [6.45, 7) is 5.43. The van der Waals surface area contributed by atoms with Gasteiger partial charge in [0, 0.05) is 35.1 Å². The van der Waals surface area contributed by atoms with Crippen LogP contribution in [0.25, 0.3) is 32.2 Å².